The van der Waals surface area contributed by atoms with Gasteiger partial charge in [0.15, 0.2) is 22.6 Å². The van der Waals surface area contributed by atoms with E-state index >= 15 is 0 Å². The zero-order valence-corrected chi connectivity index (χ0v) is 24.1. The molecule has 40 heavy (non-hydrogen) atoms. The number of imidazole rings is 1. The highest BCUT2D eigenvalue weighted by Crippen LogP contribution is 2.23. The number of terminal acetylenes is 1. The summed E-state index contributed by atoms with van der Waals surface area (Å²) in [7, 11) is 1.30. The Hall–Kier alpha value is -3.10. The van der Waals surface area contributed by atoms with Gasteiger partial charge in [0.2, 0.25) is 5.91 Å². The number of unbranched alkanes of at least 4 members (excludes halogenated alkanes) is 9. The van der Waals surface area contributed by atoms with Crippen LogP contribution in [0.1, 0.15) is 97.3 Å². The Morgan fingerprint density at radius 1 is 1.07 bits per heavy atom. The fraction of sp³-hybridized carbons (Fsp3) is 0.690. The van der Waals surface area contributed by atoms with E-state index in [1.54, 1.807) is 0 Å². The smallest absolute Gasteiger partial charge is 0.312 e. The minimum atomic E-state index is -1.64. The van der Waals surface area contributed by atoms with E-state index in [1.807, 2.05) is 6.92 Å². The molecule has 0 aliphatic heterocycles. The number of nitrogens with one attached hydrogen (secondary N) is 1. The third-order valence-electron chi connectivity index (χ3n) is 6.90. The molecule has 0 aliphatic carbocycles. The number of rotatable bonds is 20. The minimum Gasteiger partial charge on any atom is -0.461 e. The maximum atomic E-state index is 14.3. The van der Waals surface area contributed by atoms with Gasteiger partial charge in [-0.15, -0.1) is 6.42 Å². The van der Waals surface area contributed by atoms with Gasteiger partial charge in [-0.25, -0.2) is 4.98 Å². The number of halogens is 1. The number of aromatic nitrogens is 4. The molecule has 222 valence electrons. The van der Waals surface area contributed by atoms with E-state index in [2.05, 4.69) is 33.1 Å². The number of esters is 1. The zero-order chi connectivity index (χ0) is 29.4. The number of carbonyl (C=O) groups excluding carboxylic acids is 2. The Labute approximate surface area is 236 Å². The van der Waals surface area contributed by atoms with Crippen LogP contribution in [0.5, 0.6) is 0 Å². The molecule has 0 bridgehead atoms. The second kappa shape index (κ2) is 17.6. The maximum absolute atomic E-state index is 14.3. The number of carbonyl (C=O) groups is 2. The average molecular weight is 562 g/mol. The number of ether oxygens (including phenoxy) is 2. The number of anilines is 1. The lowest BCUT2D eigenvalue weighted by molar-refractivity contribution is -0.157. The van der Waals surface area contributed by atoms with Crippen LogP contribution in [0.2, 0.25) is 0 Å². The topological polar surface area (TPSA) is 128 Å². The Balaban J connectivity index is 1.99. The van der Waals surface area contributed by atoms with E-state index in [9.17, 15) is 19.1 Å². The molecule has 2 aromatic rings. The summed E-state index contributed by atoms with van der Waals surface area (Å²) in [6, 6.07) is 0. The number of methoxy groups -OCH3 is 1. The van der Waals surface area contributed by atoms with E-state index in [0.29, 0.717) is 6.42 Å². The Morgan fingerprint density at radius 2 is 1.73 bits per heavy atom. The standard InChI is InChI=1S/C29H44FN5O5/c1-5-8-10-11-12-13-14-15-16-17-23(37)32-26-25-27(34-28(30)33-26)35(21-31-25)19-22(36)29(7-3,39-4)20-40-24(38)18-9-6-2/h3,21-22,36H,5-6,8-20H2,1-2,4H3,(H,32,33,34,37)/t22-,29?/m0/s1. The van der Waals surface area contributed by atoms with Gasteiger partial charge in [0.05, 0.1) is 12.9 Å². The van der Waals surface area contributed by atoms with Crippen molar-refractivity contribution >= 4 is 28.9 Å². The molecule has 0 saturated heterocycles. The lowest BCUT2D eigenvalue weighted by Gasteiger charge is -2.31. The number of aliphatic hydroxyl groups excluding tert-OH is 1. The van der Waals surface area contributed by atoms with Gasteiger partial charge in [0, 0.05) is 20.0 Å². The molecule has 0 fully saturated rings. The van der Waals surface area contributed by atoms with Crippen molar-refractivity contribution in [1.82, 2.24) is 19.5 Å². The van der Waals surface area contributed by atoms with Crippen LogP contribution in [-0.2, 0) is 25.6 Å². The Kier molecular flexibility index (Phi) is 14.5. The predicted molar refractivity (Wildman–Crippen MR) is 151 cm³/mol. The Morgan fingerprint density at radius 3 is 2.35 bits per heavy atom. The molecule has 10 nitrogen and oxygen atoms in total. The molecule has 2 aromatic heterocycles. The number of nitrogens with zero attached hydrogens (tertiary/aromatic N) is 4. The van der Waals surface area contributed by atoms with Gasteiger partial charge >= 0.3 is 12.0 Å². The van der Waals surface area contributed by atoms with Crippen LogP contribution >= 0.6 is 0 Å². The molecule has 0 radical (unpaired) electrons. The summed E-state index contributed by atoms with van der Waals surface area (Å²) in [6.07, 6.45) is 16.8. The van der Waals surface area contributed by atoms with E-state index in [1.165, 1.54) is 50.1 Å². The lowest BCUT2D eigenvalue weighted by Crippen LogP contribution is -2.49. The first-order chi connectivity index (χ1) is 19.3. The molecule has 1 unspecified atom stereocenters. The first-order valence-electron chi connectivity index (χ1n) is 14.3. The molecule has 0 spiro atoms. The summed E-state index contributed by atoms with van der Waals surface area (Å²) in [6.45, 7) is 3.60. The van der Waals surface area contributed by atoms with Crippen LogP contribution < -0.4 is 5.32 Å². The van der Waals surface area contributed by atoms with Gasteiger partial charge in [0.1, 0.15) is 12.7 Å². The molecule has 0 saturated carbocycles. The van der Waals surface area contributed by atoms with E-state index in [4.69, 9.17) is 15.9 Å². The first kappa shape index (κ1) is 33.1. The summed E-state index contributed by atoms with van der Waals surface area (Å²) >= 11 is 0. The van der Waals surface area contributed by atoms with Crippen molar-refractivity contribution in [3.8, 4) is 12.3 Å². The third kappa shape index (κ3) is 10.1. The van der Waals surface area contributed by atoms with Crippen molar-refractivity contribution in [2.75, 3.05) is 19.0 Å². The van der Waals surface area contributed by atoms with Crippen LogP contribution in [0.15, 0.2) is 6.33 Å². The van der Waals surface area contributed by atoms with Crippen LogP contribution in [0, 0.1) is 18.4 Å². The second-order valence-electron chi connectivity index (χ2n) is 10.1. The third-order valence-corrected chi connectivity index (χ3v) is 6.90. The highest BCUT2D eigenvalue weighted by Gasteiger charge is 2.39. The monoisotopic (exact) mass is 561 g/mol. The SMILES string of the molecule is C#CC(COC(=O)CCCC)(OC)[C@@H](O)Cn1cnc2c(NC(=O)CCCCCCCCCCC)nc(F)nc21. The van der Waals surface area contributed by atoms with Crippen molar-refractivity contribution in [2.45, 2.75) is 116 Å². The molecule has 11 heteroatoms. The molecular weight excluding hydrogens is 517 g/mol. The number of amides is 1. The second-order valence-corrected chi connectivity index (χ2v) is 10.1. The van der Waals surface area contributed by atoms with Crippen molar-refractivity contribution in [3.63, 3.8) is 0 Å². The van der Waals surface area contributed by atoms with Gasteiger partial charge in [-0.1, -0.05) is 77.6 Å². The van der Waals surface area contributed by atoms with Crippen molar-refractivity contribution < 1.29 is 28.6 Å². The summed E-state index contributed by atoms with van der Waals surface area (Å²) in [4.78, 5) is 36.2. The lowest BCUT2D eigenvalue weighted by atomic mass is 9.98. The summed E-state index contributed by atoms with van der Waals surface area (Å²) in [5.41, 5.74) is -1.41. The van der Waals surface area contributed by atoms with Crippen LogP contribution in [0.25, 0.3) is 11.2 Å². The predicted octanol–water partition coefficient (Wildman–Crippen LogP) is 4.94. The fourth-order valence-corrected chi connectivity index (χ4v) is 4.33. The van der Waals surface area contributed by atoms with Gasteiger partial charge < -0.3 is 24.5 Å². The molecule has 2 N–H and O–H groups in total. The van der Waals surface area contributed by atoms with Crippen molar-refractivity contribution in [1.29, 1.82) is 0 Å². The number of hydrogen-bond acceptors (Lipinski definition) is 8. The molecule has 2 atom stereocenters. The molecule has 2 rings (SSSR count). The highest BCUT2D eigenvalue weighted by atomic mass is 19.1. The highest BCUT2D eigenvalue weighted by molar-refractivity contribution is 5.96. The van der Waals surface area contributed by atoms with Gasteiger partial charge in [-0.3, -0.25) is 9.59 Å². The van der Waals surface area contributed by atoms with E-state index in [-0.39, 0.29) is 48.9 Å². The first-order valence-corrected chi connectivity index (χ1v) is 14.3. The number of aliphatic hydroxyl groups is 1. The maximum Gasteiger partial charge on any atom is 0.312 e. The molecular formula is C29H44FN5O5. The van der Waals surface area contributed by atoms with Crippen LogP contribution in [0.4, 0.5) is 10.2 Å². The van der Waals surface area contributed by atoms with Gasteiger partial charge in [-0.2, -0.15) is 14.4 Å². The molecule has 1 amide bonds. The van der Waals surface area contributed by atoms with Crippen molar-refractivity contribution in [3.05, 3.63) is 12.4 Å². The minimum absolute atomic E-state index is 0.0449. The molecule has 2 heterocycles. The Bertz CT molecular complexity index is 1120. The van der Waals surface area contributed by atoms with Crippen LogP contribution in [-0.4, -0.2) is 61.9 Å². The summed E-state index contributed by atoms with van der Waals surface area (Å²) < 4.78 is 26.3. The van der Waals surface area contributed by atoms with E-state index < -0.39 is 23.8 Å². The fourth-order valence-electron chi connectivity index (χ4n) is 4.33. The van der Waals surface area contributed by atoms with E-state index in [0.717, 1.165) is 32.1 Å². The van der Waals surface area contributed by atoms with Gasteiger partial charge in [0.25, 0.3) is 0 Å². The normalized spacial score (nSPS) is 13.5. The average Bonchev–Trinajstić information content (AvgIpc) is 3.34. The number of hydrogen-bond donors (Lipinski definition) is 2. The largest absolute Gasteiger partial charge is 0.461 e. The van der Waals surface area contributed by atoms with Crippen LogP contribution in [0.3, 0.4) is 0 Å². The van der Waals surface area contributed by atoms with Gasteiger partial charge in [-0.05, 0) is 12.8 Å². The summed E-state index contributed by atoms with van der Waals surface area (Å²) in [5.74, 6) is 1.60. The quantitative estimate of drug-likeness (QED) is 0.101. The van der Waals surface area contributed by atoms with Crippen molar-refractivity contribution in [2.24, 2.45) is 0 Å². The molecule has 0 aromatic carbocycles. The zero-order valence-electron chi connectivity index (χ0n) is 24.1. The molecule has 0 aliphatic rings. The number of fused-ring (bicyclic) bond motifs is 1. The summed E-state index contributed by atoms with van der Waals surface area (Å²) in [5, 5.41) is 13.6.